The van der Waals surface area contributed by atoms with Crippen LogP contribution in [-0.4, -0.2) is 10.9 Å². The number of aromatic amines is 1. The zero-order valence-corrected chi connectivity index (χ0v) is 13.6. The molecule has 1 aliphatic rings. The first-order valence-corrected chi connectivity index (χ1v) is 8.25. The number of hydrogen-bond acceptors (Lipinski definition) is 2. The van der Waals surface area contributed by atoms with Crippen LogP contribution in [0, 0.1) is 0 Å². The SMILES string of the molecule is O=C(Cc1c[nH]c2c(c1=O)CCCC2)NCc1ccc(Cl)cc1. The van der Waals surface area contributed by atoms with E-state index in [4.69, 9.17) is 11.6 Å². The topological polar surface area (TPSA) is 62.0 Å². The Bertz CT molecular complexity index is 766. The second-order valence-corrected chi connectivity index (χ2v) is 6.32. The van der Waals surface area contributed by atoms with E-state index in [1.54, 1.807) is 18.3 Å². The Morgan fingerprint density at radius 3 is 2.70 bits per heavy atom. The third kappa shape index (κ3) is 3.82. The molecule has 0 saturated carbocycles. The number of benzene rings is 1. The van der Waals surface area contributed by atoms with Crippen LogP contribution in [0.4, 0.5) is 0 Å². The molecule has 0 atom stereocenters. The summed E-state index contributed by atoms with van der Waals surface area (Å²) in [4.78, 5) is 27.7. The molecule has 0 spiro atoms. The number of H-pyrrole nitrogens is 1. The van der Waals surface area contributed by atoms with Gasteiger partial charge in [0, 0.05) is 34.6 Å². The van der Waals surface area contributed by atoms with Gasteiger partial charge in [-0.3, -0.25) is 9.59 Å². The first-order chi connectivity index (χ1) is 11.1. The predicted molar refractivity (Wildman–Crippen MR) is 90.7 cm³/mol. The number of carbonyl (C=O) groups is 1. The maximum atomic E-state index is 12.4. The zero-order chi connectivity index (χ0) is 16.2. The molecule has 1 aromatic carbocycles. The predicted octanol–water partition coefficient (Wildman–Crippen LogP) is 2.77. The highest BCUT2D eigenvalue weighted by atomic mass is 35.5. The number of aryl methyl sites for hydroxylation is 1. The van der Waals surface area contributed by atoms with Crippen LogP contribution in [-0.2, 0) is 30.6 Å². The average molecular weight is 331 g/mol. The van der Waals surface area contributed by atoms with Gasteiger partial charge in [-0.15, -0.1) is 0 Å². The summed E-state index contributed by atoms with van der Waals surface area (Å²) < 4.78 is 0. The smallest absolute Gasteiger partial charge is 0.224 e. The number of fused-ring (bicyclic) bond motifs is 1. The number of hydrogen-bond donors (Lipinski definition) is 2. The number of halogens is 1. The second kappa shape index (κ2) is 7.01. The fourth-order valence-corrected chi connectivity index (χ4v) is 3.04. The van der Waals surface area contributed by atoms with E-state index in [1.165, 1.54) is 0 Å². The molecule has 120 valence electrons. The number of nitrogens with one attached hydrogen (secondary N) is 2. The quantitative estimate of drug-likeness (QED) is 0.905. The standard InChI is InChI=1S/C18H19ClN2O2/c19-14-7-5-12(6-8-14)10-21-17(22)9-13-11-20-16-4-2-1-3-15(16)18(13)23/h5-8,11H,1-4,9-10H2,(H,20,23)(H,21,22). The van der Waals surface area contributed by atoms with Gasteiger partial charge in [-0.1, -0.05) is 23.7 Å². The summed E-state index contributed by atoms with van der Waals surface area (Å²) in [5.41, 5.74) is 3.44. The van der Waals surface area contributed by atoms with Crippen molar-refractivity contribution in [2.24, 2.45) is 0 Å². The van der Waals surface area contributed by atoms with Gasteiger partial charge >= 0.3 is 0 Å². The van der Waals surface area contributed by atoms with Crippen molar-refractivity contribution in [3.63, 3.8) is 0 Å². The molecule has 2 N–H and O–H groups in total. The molecule has 5 heteroatoms. The summed E-state index contributed by atoms with van der Waals surface area (Å²) in [6.45, 7) is 0.429. The Morgan fingerprint density at radius 2 is 1.91 bits per heavy atom. The minimum Gasteiger partial charge on any atom is -0.364 e. The fourth-order valence-electron chi connectivity index (χ4n) is 2.92. The largest absolute Gasteiger partial charge is 0.364 e. The van der Waals surface area contributed by atoms with E-state index in [0.29, 0.717) is 17.1 Å². The summed E-state index contributed by atoms with van der Waals surface area (Å²) in [6, 6.07) is 7.32. The molecule has 1 aromatic heterocycles. The van der Waals surface area contributed by atoms with Crippen LogP contribution < -0.4 is 10.7 Å². The summed E-state index contributed by atoms with van der Waals surface area (Å²) >= 11 is 5.83. The first-order valence-electron chi connectivity index (χ1n) is 7.87. The van der Waals surface area contributed by atoms with E-state index in [9.17, 15) is 9.59 Å². The van der Waals surface area contributed by atoms with Gasteiger partial charge in [0.05, 0.1) is 6.42 Å². The molecule has 1 heterocycles. The third-order valence-electron chi connectivity index (χ3n) is 4.21. The van der Waals surface area contributed by atoms with Gasteiger partial charge in [0.1, 0.15) is 0 Å². The summed E-state index contributed by atoms with van der Waals surface area (Å²) in [5, 5.41) is 3.51. The third-order valence-corrected chi connectivity index (χ3v) is 4.46. The Morgan fingerprint density at radius 1 is 1.17 bits per heavy atom. The van der Waals surface area contributed by atoms with E-state index in [-0.39, 0.29) is 17.8 Å². The summed E-state index contributed by atoms with van der Waals surface area (Å²) in [6.07, 6.45) is 5.69. The molecule has 4 nitrogen and oxygen atoms in total. The summed E-state index contributed by atoms with van der Waals surface area (Å²) in [7, 11) is 0. The minimum atomic E-state index is -0.152. The molecule has 0 aliphatic heterocycles. The lowest BCUT2D eigenvalue weighted by Crippen LogP contribution is -2.29. The lowest BCUT2D eigenvalue weighted by Gasteiger charge is -2.15. The van der Waals surface area contributed by atoms with E-state index in [2.05, 4.69) is 10.3 Å². The molecule has 0 saturated heterocycles. The minimum absolute atomic E-state index is 0.0279. The number of carbonyl (C=O) groups excluding carboxylic acids is 1. The molecule has 0 fully saturated rings. The van der Waals surface area contributed by atoms with Crippen molar-refractivity contribution < 1.29 is 4.79 Å². The van der Waals surface area contributed by atoms with Crippen LogP contribution in [0.15, 0.2) is 35.3 Å². The van der Waals surface area contributed by atoms with Crippen molar-refractivity contribution in [2.45, 2.75) is 38.6 Å². The van der Waals surface area contributed by atoms with E-state index in [0.717, 1.165) is 42.5 Å². The van der Waals surface area contributed by atoms with Crippen LogP contribution >= 0.6 is 11.6 Å². The normalized spacial score (nSPS) is 13.4. The number of rotatable bonds is 4. The Balaban J connectivity index is 1.64. The Labute approximate surface area is 139 Å². The van der Waals surface area contributed by atoms with Crippen LogP contribution in [0.2, 0.25) is 5.02 Å². The maximum Gasteiger partial charge on any atom is 0.224 e. The number of aromatic nitrogens is 1. The molecule has 0 bridgehead atoms. The van der Waals surface area contributed by atoms with Gasteiger partial charge in [0.25, 0.3) is 0 Å². The molecule has 1 aliphatic carbocycles. The highest BCUT2D eigenvalue weighted by Gasteiger charge is 2.16. The molecule has 0 radical (unpaired) electrons. The van der Waals surface area contributed by atoms with Gasteiger partial charge in [-0.25, -0.2) is 0 Å². The molecule has 0 unspecified atom stereocenters. The molecular weight excluding hydrogens is 312 g/mol. The first kappa shape index (κ1) is 15.8. The van der Waals surface area contributed by atoms with Crippen LogP contribution in [0.1, 0.15) is 35.2 Å². The van der Waals surface area contributed by atoms with E-state index >= 15 is 0 Å². The fraction of sp³-hybridized carbons (Fsp3) is 0.333. The lowest BCUT2D eigenvalue weighted by atomic mass is 9.94. The van der Waals surface area contributed by atoms with Crippen LogP contribution in [0.3, 0.4) is 0 Å². The maximum absolute atomic E-state index is 12.4. The summed E-state index contributed by atoms with van der Waals surface area (Å²) in [5.74, 6) is -0.152. The van der Waals surface area contributed by atoms with Crippen LogP contribution in [0.5, 0.6) is 0 Å². The molecule has 1 amide bonds. The van der Waals surface area contributed by atoms with Crippen molar-refractivity contribution in [2.75, 3.05) is 0 Å². The van der Waals surface area contributed by atoms with Gasteiger partial charge in [-0.05, 0) is 43.4 Å². The van der Waals surface area contributed by atoms with E-state index in [1.807, 2.05) is 12.1 Å². The number of amides is 1. The number of pyridine rings is 1. The molecule has 2 aromatic rings. The van der Waals surface area contributed by atoms with Gasteiger partial charge in [-0.2, -0.15) is 0 Å². The molecule has 3 rings (SSSR count). The van der Waals surface area contributed by atoms with Gasteiger partial charge in [0.15, 0.2) is 5.43 Å². The van der Waals surface area contributed by atoms with Gasteiger partial charge < -0.3 is 10.3 Å². The highest BCUT2D eigenvalue weighted by molar-refractivity contribution is 6.30. The highest BCUT2D eigenvalue weighted by Crippen LogP contribution is 2.16. The van der Waals surface area contributed by atoms with Crippen molar-refractivity contribution in [3.05, 3.63) is 68.1 Å². The van der Waals surface area contributed by atoms with E-state index < -0.39 is 0 Å². The molecule has 23 heavy (non-hydrogen) atoms. The second-order valence-electron chi connectivity index (χ2n) is 5.89. The van der Waals surface area contributed by atoms with Crippen LogP contribution in [0.25, 0.3) is 0 Å². The van der Waals surface area contributed by atoms with Crippen molar-refractivity contribution in [3.8, 4) is 0 Å². The lowest BCUT2D eigenvalue weighted by molar-refractivity contribution is -0.120. The van der Waals surface area contributed by atoms with Crippen molar-refractivity contribution in [1.82, 2.24) is 10.3 Å². The zero-order valence-electron chi connectivity index (χ0n) is 12.8. The van der Waals surface area contributed by atoms with Crippen molar-refractivity contribution in [1.29, 1.82) is 0 Å². The monoisotopic (exact) mass is 330 g/mol. The Kier molecular flexibility index (Phi) is 4.82. The van der Waals surface area contributed by atoms with Gasteiger partial charge in [0.2, 0.25) is 5.91 Å². The molecular formula is C18H19ClN2O2. The van der Waals surface area contributed by atoms with Crippen molar-refractivity contribution >= 4 is 17.5 Å². The Hall–Kier alpha value is -2.07. The average Bonchev–Trinajstić information content (AvgIpc) is 2.57.